The van der Waals surface area contributed by atoms with Crippen molar-refractivity contribution in [1.29, 1.82) is 0 Å². The Balaban J connectivity index is 2.44. The van der Waals surface area contributed by atoms with Gasteiger partial charge < -0.3 is 0 Å². The van der Waals surface area contributed by atoms with Gasteiger partial charge in [-0.1, -0.05) is 44.5 Å². The molecule has 1 aliphatic heterocycles. The maximum atomic E-state index is 10.9. The summed E-state index contributed by atoms with van der Waals surface area (Å²) in [6, 6.07) is 0. The van der Waals surface area contributed by atoms with Gasteiger partial charge in [0, 0.05) is 6.54 Å². The van der Waals surface area contributed by atoms with Gasteiger partial charge in [0.25, 0.3) is 0 Å². The number of unbranched alkanes of at least 4 members (excludes halogenated alkanes) is 4. The lowest BCUT2D eigenvalue weighted by molar-refractivity contribution is -0.638. The zero-order valence-corrected chi connectivity index (χ0v) is 11.4. The summed E-state index contributed by atoms with van der Waals surface area (Å²) in [6.07, 6.45) is 8.63. The van der Waals surface area contributed by atoms with E-state index < -0.39 is 0 Å². The molecule has 6 nitrogen and oxygen atoms in total. The summed E-state index contributed by atoms with van der Waals surface area (Å²) in [6.45, 7) is 5.08. The molecule has 6 heteroatoms. The molecule has 104 valence electrons. The van der Waals surface area contributed by atoms with Gasteiger partial charge in [-0.05, 0) is 19.3 Å². The standard InChI is InChI=1S/C12H24N4O2/c1-3-5-7-8-10-14-12(9-6-4-2)15(11-13-14)16(17)18/h11-12H,3-10H2,1-2H3. The van der Waals surface area contributed by atoms with Crippen LogP contribution in [0.3, 0.4) is 0 Å². The number of hydrazone groups is 1. The van der Waals surface area contributed by atoms with Crippen LogP contribution in [0, 0.1) is 10.1 Å². The predicted octanol–water partition coefficient (Wildman–Crippen LogP) is 2.84. The van der Waals surface area contributed by atoms with E-state index in [1.807, 2.05) is 5.01 Å². The first-order chi connectivity index (χ1) is 8.70. The van der Waals surface area contributed by atoms with E-state index in [4.69, 9.17) is 0 Å². The van der Waals surface area contributed by atoms with Crippen LogP contribution < -0.4 is 0 Å². The normalized spacial score (nSPS) is 18.7. The smallest absolute Gasteiger partial charge is 0.183 e. The Hall–Kier alpha value is -1.33. The lowest BCUT2D eigenvalue weighted by Gasteiger charge is -2.24. The molecule has 0 aliphatic carbocycles. The highest BCUT2D eigenvalue weighted by Gasteiger charge is 2.34. The SMILES string of the molecule is CCCCCCN1N=CN([N+](=O)[O-])C1CCCC. The van der Waals surface area contributed by atoms with Gasteiger partial charge in [0.1, 0.15) is 0 Å². The molecule has 18 heavy (non-hydrogen) atoms. The van der Waals surface area contributed by atoms with Crippen LogP contribution in [0.1, 0.15) is 58.8 Å². The lowest BCUT2D eigenvalue weighted by atomic mass is 10.2. The Morgan fingerprint density at radius 3 is 2.56 bits per heavy atom. The van der Waals surface area contributed by atoms with E-state index in [-0.39, 0.29) is 11.2 Å². The first-order valence-corrected chi connectivity index (χ1v) is 6.94. The van der Waals surface area contributed by atoms with Gasteiger partial charge in [-0.25, -0.2) is 10.1 Å². The lowest BCUT2D eigenvalue weighted by Crippen LogP contribution is -2.43. The molecule has 0 saturated carbocycles. The van der Waals surface area contributed by atoms with Gasteiger partial charge >= 0.3 is 0 Å². The highest BCUT2D eigenvalue weighted by atomic mass is 16.7. The number of hydrazine groups is 1. The molecule has 0 bridgehead atoms. The van der Waals surface area contributed by atoms with Crippen molar-refractivity contribution in [2.24, 2.45) is 5.10 Å². The van der Waals surface area contributed by atoms with Crippen molar-refractivity contribution in [2.75, 3.05) is 6.54 Å². The molecule has 0 N–H and O–H groups in total. The quantitative estimate of drug-likeness (QED) is 0.361. The van der Waals surface area contributed by atoms with Crippen molar-refractivity contribution >= 4 is 6.34 Å². The van der Waals surface area contributed by atoms with Crippen molar-refractivity contribution in [1.82, 2.24) is 10.0 Å². The van der Waals surface area contributed by atoms with Crippen LogP contribution in [0.15, 0.2) is 5.10 Å². The third kappa shape index (κ3) is 4.16. The van der Waals surface area contributed by atoms with Crippen LogP contribution in [0.4, 0.5) is 0 Å². The van der Waals surface area contributed by atoms with Crippen LogP contribution >= 0.6 is 0 Å². The van der Waals surface area contributed by atoms with E-state index in [0.717, 1.165) is 37.2 Å². The molecule has 0 aromatic heterocycles. The van der Waals surface area contributed by atoms with Gasteiger partial charge in [0.05, 0.1) is 0 Å². The summed E-state index contributed by atoms with van der Waals surface area (Å²) < 4.78 is 0. The second-order valence-corrected chi connectivity index (χ2v) is 4.70. The predicted molar refractivity (Wildman–Crippen MR) is 71.5 cm³/mol. The van der Waals surface area contributed by atoms with Gasteiger partial charge in [-0.15, -0.1) is 0 Å². The van der Waals surface area contributed by atoms with E-state index in [1.165, 1.54) is 25.6 Å². The summed E-state index contributed by atoms with van der Waals surface area (Å²) in [5, 5.41) is 17.7. The molecular formula is C12H24N4O2. The fraction of sp³-hybridized carbons (Fsp3) is 0.917. The average molecular weight is 256 g/mol. The molecule has 0 aromatic carbocycles. The highest BCUT2D eigenvalue weighted by molar-refractivity contribution is 5.55. The first kappa shape index (κ1) is 14.7. The zero-order chi connectivity index (χ0) is 13.4. The van der Waals surface area contributed by atoms with Crippen LogP contribution in [0.25, 0.3) is 0 Å². The fourth-order valence-electron chi connectivity index (χ4n) is 2.14. The highest BCUT2D eigenvalue weighted by Crippen LogP contribution is 2.19. The van der Waals surface area contributed by atoms with Crippen LogP contribution in [-0.4, -0.2) is 34.1 Å². The van der Waals surface area contributed by atoms with Crippen LogP contribution in [0.2, 0.25) is 0 Å². The summed E-state index contributed by atoms with van der Waals surface area (Å²) in [5.74, 6) is 0. The van der Waals surface area contributed by atoms with E-state index in [1.54, 1.807) is 0 Å². The van der Waals surface area contributed by atoms with E-state index in [2.05, 4.69) is 18.9 Å². The van der Waals surface area contributed by atoms with Crippen molar-refractivity contribution in [2.45, 2.75) is 65.0 Å². The van der Waals surface area contributed by atoms with Crippen molar-refractivity contribution < 1.29 is 5.03 Å². The summed E-state index contributed by atoms with van der Waals surface area (Å²) in [7, 11) is 0. The Kier molecular flexibility index (Phi) is 6.46. The monoisotopic (exact) mass is 256 g/mol. The molecule has 1 atom stereocenters. The Morgan fingerprint density at radius 2 is 1.94 bits per heavy atom. The molecule has 0 amide bonds. The maximum absolute atomic E-state index is 10.9. The molecule has 0 aromatic rings. The molecule has 0 radical (unpaired) electrons. The minimum atomic E-state index is -0.365. The molecule has 0 fully saturated rings. The van der Waals surface area contributed by atoms with Gasteiger partial charge in [-0.3, -0.25) is 5.01 Å². The third-order valence-electron chi connectivity index (χ3n) is 3.21. The van der Waals surface area contributed by atoms with E-state index in [0.29, 0.717) is 0 Å². The zero-order valence-electron chi connectivity index (χ0n) is 11.4. The number of rotatable bonds is 9. The molecular weight excluding hydrogens is 232 g/mol. The fourth-order valence-corrected chi connectivity index (χ4v) is 2.14. The second-order valence-electron chi connectivity index (χ2n) is 4.70. The van der Waals surface area contributed by atoms with E-state index >= 15 is 0 Å². The molecule has 1 heterocycles. The molecule has 0 saturated heterocycles. The van der Waals surface area contributed by atoms with Crippen LogP contribution in [-0.2, 0) is 0 Å². The van der Waals surface area contributed by atoms with Crippen molar-refractivity contribution in [3.8, 4) is 0 Å². The summed E-state index contributed by atoms with van der Waals surface area (Å²) in [5.41, 5.74) is 0. The van der Waals surface area contributed by atoms with E-state index in [9.17, 15) is 10.1 Å². The van der Waals surface area contributed by atoms with Crippen molar-refractivity contribution in [3.63, 3.8) is 0 Å². The number of hydrogen-bond acceptors (Lipinski definition) is 4. The third-order valence-corrected chi connectivity index (χ3v) is 3.21. The number of nitro groups is 1. The Morgan fingerprint density at radius 1 is 1.22 bits per heavy atom. The maximum Gasteiger partial charge on any atom is 0.183 e. The van der Waals surface area contributed by atoms with Gasteiger partial charge in [0.2, 0.25) is 0 Å². The summed E-state index contributed by atoms with van der Waals surface area (Å²) in [4.78, 5) is 10.9. The van der Waals surface area contributed by atoms with Gasteiger partial charge in [-0.2, -0.15) is 5.10 Å². The molecule has 1 unspecified atom stereocenters. The van der Waals surface area contributed by atoms with Crippen LogP contribution in [0.5, 0.6) is 0 Å². The van der Waals surface area contributed by atoms with Gasteiger partial charge in [0.15, 0.2) is 17.5 Å². The minimum Gasteiger partial charge on any atom is -0.267 e. The topological polar surface area (TPSA) is 62.0 Å². The number of nitrogens with zero attached hydrogens (tertiary/aromatic N) is 4. The molecule has 1 aliphatic rings. The Bertz CT molecular complexity index is 283. The minimum absolute atomic E-state index is 0.193. The largest absolute Gasteiger partial charge is 0.267 e. The Labute approximate surface area is 109 Å². The second kappa shape index (κ2) is 7.89. The average Bonchev–Trinajstić information content (AvgIpc) is 2.75. The number of hydrogen-bond donors (Lipinski definition) is 0. The summed E-state index contributed by atoms with van der Waals surface area (Å²) >= 11 is 0. The first-order valence-electron chi connectivity index (χ1n) is 6.94. The molecule has 0 spiro atoms. The molecule has 1 rings (SSSR count). The van der Waals surface area contributed by atoms with Crippen molar-refractivity contribution in [3.05, 3.63) is 10.1 Å².